The third kappa shape index (κ3) is 3.85. The molecule has 2 aliphatic heterocycles. The molecule has 0 saturated carbocycles. The Morgan fingerprint density at radius 2 is 2.10 bits per heavy atom. The van der Waals surface area contributed by atoms with Gasteiger partial charge in [-0.1, -0.05) is 0 Å². The predicted octanol–water partition coefficient (Wildman–Crippen LogP) is 1.55. The maximum atomic E-state index is 12.4. The number of nitrogens with zero attached hydrogens (tertiary/aromatic N) is 2. The molecule has 2 unspecified atom stereocenters. The lowest BCUT2D eigenvalue weighted by Crippen LogP contribution is -2.47. The number of hydrogen-bond acceptors (Lipinski definition) is 3. The molecule has 2 rings (SSSR count). The van der Waals surface area contributed by atoms with E-state index in [1.807, 2.05) is 0 Å². The monoisotopic (exact) mass is 284 g/mol. The predicted molar refractivity (Wildman–Crippen MR) is 73.6 cm³/mol. The first-order chi connectivity index (χ1) is 9.58. The van der Waals surface area contributed by atoms with E-state index in [2.05, 4.69) is 0 Å². The van der Waals surface area contributed by atoms with Crippen molar-refractivity contribution in [3.63, 3.8) is 0 Å². The minimum Gasteiger partial charge on any atom is -0.481 e. The summed E-state index contributed by atoms with van der Waals surface area (Å²) in [5.74, 6) is -0.840. The summed E-state index contributed by atoms with van der Waals surface area (Å²) in [5.41, 5.74) is 0. The zero-order valence-corrected chi connectivity index (χ0v) is 12.1. The van der Waals surface area contributed by atoms with Gasteiger partial charge in [0.2, 0.25) is 0 Å². The van der Waals surface area contributed by atoms with E-state index >= 15 is 0 Å². The quantitative estimate of drug-likeness (QED) is 0.850. The molecule has 2 saturated heterocycles. The highest BCUT2D eigenvalue weighted by molar-refractivity contribution is 5.76. The van der Waals surface area contributed by atoms with Crippen LogP contribution >= 0.6 is 0 Å². The van der Waals surface area contributed by atoms with Gasteiger partial charge >= 0.3 is 12.0 Å². The standard InChI is InChI=1S/C14H24N2O4/c1-15(10-12-6-2-3-8-20-12)14(19)16-7-4-5-11(16)9-13(17)18/h11-12H,2-10H2,1H3,(H,17,18). The minimum absolute atomic E-state index is 0.0412. The molecular weight excluding hydrogens is 260 g/mol. The van der Waals surface area contributed by atoms with Crippen molar-refractivity contribution in [1.29, 1.82) is 0 Å². The fourth-order valence-corrected chi connectivity index (χ4v) is 3.06. The number of ether oxygens (including phenoxy) is 1. The Kier molecular flexibility index (Phi) is 5.23. The molecular formula is C14H24N2O4. The van der Waals surface area contributed by atoms with Crippen LogP contribution in [0, 0.1) is 0 Å². The van der Waals surface area contributed by atoms with E-state index in [4.69, 9.17) is 9.84 Å². The molecule has 2 amide bonds. The van der Waals surface area contributed by atoms with E-state index in [9.17, 15) is 9.59 Å². The second-order valence-corrected chi connectivity index (χ2v) is 5.74. The normalized spacial score (nSPS) is 26.6. The second kappa shape index (κ2) is 6.92. The van der Waals surface area contributed by atoms with Crippen LogP contribution in [0.1, 0.15) is 38.5 Å². The molecule has 6 nitrogen and oxygen atoms in total. The molecule has 0 aromatic rings. The SMILES string of the molecule is CN(CC1CCCCO1)C(=O)N1CCCC1CC(=O)O. The van der Waals surface area contributed by atoms with Crippen molar-refractivity contribution >= 4 is 12.0 Å². The molecule has 2 atom stereocenters. The molecule has 0 radical (unpaired) electrons. The Morgan fingerprint density at radius 1 is 1.30 bits per heavy atom. The molecule has 0 aromatic carbocycles. The summed E-state index contributed by atoms with van der Waals surface area (Å²) in [6, 6.07) is -0.224. The summed E-state index contributed by atoms with van der Waals surface area (Å²) in [5, 5.41) is 8.90. The first-order valence-electron chi connectivity index (χ1n) is 7.43. The number of amides is 2. The first kappa shape index (κ1) is 15.1. The molecule has 114 valence electrons. The lowest BCUT2D eigenvalue weighted by atomic mass is 10.1. The van der Waals surface area contributed by atoms with E-state index in [1.165, 1.54) is 0 Å². The Morgan fingerprint density at radius 3 is 2.75 bits per heavy atom. The van der Waals surface area contributed by atoms with E-state index in [0.717, 1.165) is 38.7 Å². The van der Waals surface area contributed by atoms with Gasteiger partial charge in [-0.3, -0.25) is 4.79 Å². The van der Waals surface area contributed by atoms with Crippen LogP contribution in [-0.2, 0) is 9.53 Å². The van der Waals surface area contributed by atoms with Crippen LogP contribution in [0.25, 0.3) is 0 Å². The van der Waals surface area contributed by atoms with Crippen LogP contribution in [0.5, 0.6) is 0 Å². The molecule has 0 bridgehead atoms. The maximum absolute atomic E-state index is 12.4. The molecule has 2 heterocycles. The van der Waals surface area contributed by atoms with Gasteiger partial charge in [-0.25, -0.2) is 4.79 Å². The van der Waals surface area contributed by atoms with Gasteiger partial charge in [0.25, 0.3) is 0 Å². The van der Waals surface area contributed by atoms with Crippen LogP contribution in [0.3, 0.4) is 0 Å². The van der Waals surface area contributed by atoms with Crippen molar-refractivity contribution in [2.75, 3.05) is 26.7 Å². The number of hydrogen-bond donors (Lipinski definition) is 1. The fraction of sp³-hybridized carbons (Fsp3) is 0.857. The van der Waals surface area contributed by atoms with Gasteiger partial charge in [-0.05, 0) is 32.1 Å². The third-order valence-corrected chi connectivity index (χ3v) is 4.11. The average molecular weight is 284 g/mol. The fourth-order valence-electron chi connectivity index (χ4n) is 3.06. The van der Waals surface area contributed by atoms with Gasteiger partial charge in [0, 0.05) is 32.8 Å². The molecule has 2 aliphatic rings. The Labute approximate surface area is 119 Å². The minimum atomic E-state index is -0.840. The highest BCUT2D eigenvalue weighted by Gasteiger charge is 2.32. The van der Waals surface area contributed by atoms with E-state index < -0.39 is 5.97 Å². The largest absolute Gasteiger partial charge is 0.481 e. The number of carbonyl (C=O) groups is 2. The van der Waals surface area contributed by atoms with Crippen molar-refractivity contribution in [3.8, 4) is 0 Å². The Hall–Kier alpha value is -1.30. The van der Waals surface area contributed by atoms with Gasteiger partial charge in [0.15, 0.2) is 0 Å². The van der Waals surface area contributed by atoms with Crippen molar-refractivity contribution < 1.29 is 19.4 Å². The Balaban J connectivity index is 1.86. The van der Waals surface area contributed by atoms with Gasteiger partial charge < -0.3 is 19.6 Å². The maximum Gasteiger partial charge on any atom is 0.320 e. The van der Waals surface area contributed by atoms with Crippen LogP contribution in [0.4, 0.5) is 4.79 Å². The summed E-state index contributed by atoms with van der Waals surface area (Å²) in [7, 11) is 1.77. The summed E-state index contributed by atoms with van der Waals surface area (Å²) >= 11 is 0. The Bertz CT molecular complexity index is 355. The van der Waals surface area contributed by atoms with Crippen molar-refractivity contribution in [3.05, 3.63) is 0 Å². The number of rotatable bonds is 4. The molecule has 0 aliphatic carbocycles. The van der Waals surface area contributed by atoms with Crippen LogP contribution in [0.2, 0.25) is 0 Å². The average Bonchev–Trinajstić information content (AvgIpc) is 2.86. The van der Waals surface area contributed by atoms with Gasteiger partial charge in [-0.2, -0.15) is 0 Å². The smallest absolute Gasteiger partial charge is 0.320 e. The van der Waals surface area contributed by atoms with Crippen LogP contribution in [-0.4, -0.2) is 65.8 Å². The van der Waals surface area contributed by atoms with Crippen molar-refractivity contribution in [1.82, 2.24) is 9.80 Å². The zero-order chi connectivity index (χ0) is 14.5. The topological polar surface area (TPSA) is 70.1 Å². The van der Waals surface area contributed by atoms with Crippen molar-refractivity contribution in [2.45, 2.75) is 50.7 Å². The van der Waals surface area contributed by atoms with Gasteiger partial charge in [0.05, 0.1) is 12.5 Å². The third-order valence-electron chi connectivity index (χ3n) is 4.11. The number of carboxylic acids is 1. The van der Waals surface area contributed by atoms with E-state index in [0.29, 0.717) is 13.1 Å². The number of carbonyl (C=O) groups excluding carboxylic acids is 1. The van der Waals surface area contributed by atoms with Gasteiger partial charge in [0.1, 0.15) is 0 Å². The molecule has 6 heteroatoms. The summed E-state index contributed by atoms with van der Waals surface area (Å²) in [6.45, 7) is 2.03. The lowest BCUT2D eigenvalue weighted by Gasteiger charge is -2.32. The molecule has 2 fully saturated rings. The highest BCUT2D eigenvalue weighted by Crippen LogP contribution is 2.22. The first-order valence-corrected chi connectivity index (χ1v) is 7.43. The number of likely N-dealkylation sites (tertiary alicyclic amines) is 1. The van der Waals surface area contributed by atoms with E-state index in [-0.39, 0.29) is 24.6 Å². The van der Waals surface area contributed by atoms with Crippen LogP contribution in [0.15, 0.2) is 0 Å². The molecule has 20 heavy (non-hydrogen) atoms. The number of likely N-dealkylation sites (N-methyl/N-ethyl adjacent to an activating group) is 1. The van der Waals surface area contributed by atoms with Crippen molar-refractivity contribution in [2.24, 2.45) is 0 Å². The van der Waals surface area contributed by atoms with Crippen LogP contribution < -0.4 is 0 Å². The summed E-state index contributed by atoms with van der Waals surface area (Å²) in [6.07, 6.45) is 5.08. The van der Waals surface area contributed by atoms with E-state index in [1.54, 1.807) is 16.8 Å². The molecule has 0 spiro atoms. The number of carboxylic acid groups (broad SMARTS) is 1. The highest BCUT2D eigenvalue weighted by atomic mass is 16.5. The summed E-state index contributed by atoms with van der Waals surface area (Å²) in [4.78, 5) is 26.6. The number of aliphatic carboxylic acids is 1. The zero-order valence-electron chi connectivity index (χ0n) is 12.1. The number of urea groups is 1. The molecule has 0 aromatic heterocycles. The summed E-state index contributed by atoms with van der Waals surface area (Å²) < 4.78 is 5.65. The lowest BCUT2D eigenvalue weighted by molar-refractivity contribution is -0.138. The van der Waals surface area contributed by atoms with Gasteiger partial charge in [-0.15, -0.1) is 0 Å². The molecule has 1 N–H and O–H groups in total. The second-order valence-electron chi connectivity index (χ2n) is 5.74.